The first-order valence-corrected chi connectivity index (χ1v) is 4.75. The maximum absolute atomic E-state index is 11.0. The Morgan fingerprint density at radius 3 is 2.93 bits per heavy atom. The third kappa shape index (κ3) is 1.40. The summed E-state index contributed by atoms with van der Waals surface area (Å²) in [7, 11) is 0. The summed E-state index contributed by atoms with van der Waals surface area (Å²) in [5.74, 6) is -0.817. The zero-order valence-electron chi connectivity index (χ0n) is 8.13. The van der Waals surface area contributed by atoms with Crippen molar-refractivity contribution < 1.29 is 9.90 Å². The maximum Gasteiger partial charge on any atom is 0.335 e. The molecule has 0 radical (unpaired) electrons. The molecule has 0 spiro atoms. The zero-order chi connectivity index (χ0) is 10.1. The molecule has 0 amide bonds. The van der Waals surface area contributed by atoms with Crippen molar-refractivity contribution in [2.75, 3.05) is 6.54 Å². The number of rotatable bonds is 1. The fourth-order valence-electron chi connectivity index (χ4n) is 1.97. The van der Waals surface area contributed by atoms with Crippen LogP contribution < -0.4 is 5.32 Å². The highest BCUT2D eigenvalue weighted by Crippen LogP contribution is 2.22. The number of hydrogen-bond acceptors (Lipinski definition) is 2. The van der Waals surface area contributed by atoms with Crippen molar-refractivity contribution in [3.05, 3.63) is 34.4 Å². The Labute approximate surface area is 82.8 Å². The lowest BCUT2D eigenvalue weighted by molar-refractivity contribution is 0.0695. The van der Waals surface area contributed by atoms with Crippen molar-refractivity contribution in [3.8, 4) is 0 Å². The second-order valence-corrected chi connectivity index (χ2v) is 3.62. The van der Waals surface area contributed by atoms with Gasteiger partial charge in [0.25, 0.3) is 0 Å². The van der Waals surface area contributed by atoms with E-state index >= 15 is 0 Å². The topological polar surface area (TPSA) is 49.3 Å². The minimum absolute atomic E-state index is 0.465. The van der Waals surface area contributed by atoms with Crippen LogP contribution in [0.2, 0.25) is 0 Å². The smallest absolute Gasteiger partial charge is 0.335 e. The maximum atomic E-state index is 11.0. The van der Waals surface area contributed by atoms with Gasteiger partial charge in [0.15, 0.2) is 0 Å². The van der Waals surface area contributed by atoms with E-state index in [0.717, 1.165) is 30.6 Å². The van der Waals surface area contributed by atoms with Crippen molar-refractivity contribution in [3.63, 3.8) is 0 Å². The van der Waals surface area contributed by atoms with E-state index in [-0.39, 0.29) is 0 Å². The number of carboxylic acids is 1. The number of carboxylic acid groups (broad SMARTS) is 1. The second-order valence-electron chi connectivity index (χ2n) is 3.62. The van der Waals surface area contributed by atoms with Gasteiger partial charge in [0.2, 0.25) is 0 Å². The molecule has 3 nitrogen and oxygen atoms in total. The summed E-state index contributed by atoms with van der Waals surface area (Å²) in [6.07, 6.45) is 0.818. The van der Waals surface area contributed by atoms with Gasteiger partial charge in [-0.05, 0) is 42.6 Å². The number of carbonyl (C=O) groups is 1. The van der Waals surface area contributed by atoms with Crippen LogP contribution in [-0.2, 0) is 13.0 Å². The molecule has 0 fully saturated rings. The minimum atomic E-state index is -0.817. The standard InChI is InChI=1S/C11H13NO2/c1-7-2-3-9(11(13)14)8-4-5-12-6-10(7)8/h2-3,12H,4-6H2,1H3,(H,13,14). The van der Waals surface area contributed by atoms with Crippen molar-refractivity contribution in [1.29, 1.82) is 0 Å². The molecule has 1 heterocycles. The van der Waals surface area contributed by atoms with Gasteiger partial charge in [-0.1, -0.05) is 6.07 Å². The van der Waals surface area contributed by atoms with E-state index in [1.54, 1.807) is 6.07 Å². The van der Waals surface area contributed by atoms with Crippen molar-refractivity contribution >= 4 is 5.97 Å². The third-order valence-corrected chi connectivity index (χ3v) is 2.75. The largest absolute Gasteiger partial charge is 0.478 e. The Kier molecular flexibility index (Phi) is 2.25. The molecular formula is C11H13NO2. The van der Waals surface area contributed by atoms with Crippen LogP contribution in [0.3, 0.4) is 0 Å². The molecule has 1 aliphatic heterocycles. The summed E-state index contributed by atoms with van der Waals surface area (Å²) in [5, 5.41) is 12.3. The Morgan fingerprint density at radius 2 is 2.21 bits per heavy atom. The van der Waals surface area contributed by atoms with Crippen LogP contribution in [0.15, 0.2) is 12.1 Å². The molecule has 0 unspecified atom stereocenters. The molecule has 2 rings (SSSR count). The highest BCUT2D eigenvalue weighted by Gasteiger charge is 2.18. The molecule has 0 saturated carbocycles. The van der Waals surface area contributed by atoms with Gasteiger partial charge >= 0.3 is 5.97 Å². The van der Waals surface area contributed by atoms with E-state index in [1.807, 2.05) is 13.0 Å². The molecule has 0 aromatic heterocycles. The Bertz CT molecular complexity index is 385. The normalized spacial score (nSPS) is 14.9. The number of aromatic carboxylic acids is 1. The fourth-order valence-corrected chi connectivity index (χ4v) is 1.97. The van der Waals surface area contributed by atoms with Crippen LogP contribution in [-0.4, -0.2) is 17.6 Å². The Balaban J connectivity index is 2.59. The van der Waals surface area contributed by atoms with Crippen LogP contribution >= 0.6 is 0 Å². The number of benzene rings is 1. The first kappa shape index (κ1) is 9.21. The quantitative estimate of drug-likeness (QED) is 0.704. The van der Waals surface area contributed by atoms with E-state index in [0.29, 0.717) is 5.56 Å². The summed E-state index contributed by atoms with van der Waals surface area (Å²) in [5.41, 5.74) is 3.82. The number of hydrogen-bond donors (Lipinski definition) is 2. The predicted octanol–water partition coefficient (Wildman–Crippen LogP) is 1.34. The third-order valence-electron chi connectivity index (χ3n) is 2.75. The minimum Gasteiger partial charge on any atom is -0.478 e. The van der Waals surface area contributed by atoms with Gasteiger partial charge in [-0.2, -0.15) is 0 Å². The summed E-state index contributed by atoms with van der Waals surface area (Å²) in [6, 6.07) is 3.59. The van der Waals surface area contributed by atoms with E-state index in [9.17, 15) is 4.79 Å². The summed E-state index contributed by atoms with van der Waals surface area (Å²) < 4.78 is 0. The number of aryl methyl sites for hydroxylation is 1. The lowest BCUT2D eigenvalue weighted by atomic mass is 9.92. The van der Waals surface area contributed by atoms with Crippen molar-refractivity contribution in [1.82, 2.24) is 5.32 Å². The molecule has 0 atom stereocenters. The first-order valence-electron chi connectivity index (χ1n) is 4.75. The van der Waals surface area contributed by atoms with Gasteiger partial charge in [-0.15, -0.1) is 0 Å². The van der Waals surface area contributed by atoms with Crippen LogP contribution in [0.25, 0.3) is 0 Å². The van der Waals surface area contributed by atoms with Gasteiger partial charge < -0.3 is 10.4 Å². The molecule has 2 N–H and O–H groups in total. The lowest BCUT2D eigenvalue weighted by Gasteiger charge is -2.20. The molecule has 1 aliphatic rings. The van der Waals surface area contributed by atoms with Crippen molar-refractivity contribution in [2.24, 2.45) is 0 Å². The monoisotopic (exact) mass is 191 g/mol. The average molecular weight is 191 g/mol. The fraction of sp³-hybridized carbons (Fsp3) is 0.364. The molecule has 1 aromatic carbocycles. The lowest BCUT2D eigenvalue weighted by Crippen LogP contribution is -2.26. The molecular weight excluding hydrogens is 178 g/mol. The van der Waals surface area contributed by atoms with E-state index in [2.05, 4.69) is 5.32 Å². The molecule has 0 bridgehead atoms. The Morgan fingerprint density at radius 1 is 1.43 bits per heavy atom. The summed E-state index contributed by atoms with van der Waals surface area (Å²) in [4.78, 5) is 11.0. The van der Waals surface area contributed by atoms with Gasteiger partial charge in [0, 0.05) is 6.54 Å². The van der Waals surface area contributed by atoms with E-state index < -0.39 is 5.97 Å². The van der Waals surface area contributed by atoms with Crippen LogP contribution in [0, 0.1) is 6.92 Å². The van der Waals surface area contributed by atoms with Gasteiger partial charge in [0.1, 0.15) is 0 Å². The molecule has 0 aliphatic carbocycles. The van der Waals surface area contributed by atoms with E-state index in [4.69, 9.17) is 5.11 Å². The molecule has 14 heavy (non-hydrogen) atoms. The van der Waals surface area contributed by atoms with Crippen LogP contribution in [0.1, 0.15) is 27.0 Å². The second kappa shape index (κ2) is 3.42. The molecule has 0 saturated heterocycles. The highest BCUT2D eigenvalue weighted by molar-refractivity contribution is 5.90. The van der Waals surface area contributed by atoms with E-state index in [1.165, 1.54) is 5.56 Å². The van der Waals surface area contributed by atoms with Crippen molar-refractivity contribution in [2.45, 2.75) is 19.9 Å². The number of nitrogens with one attached hydrogen (secondary N) is 1. The summed E-state index contributed by atoms with van der Waals surface area (Å²) >= 11 is 0. The zero-order valence-corrected chi connectivity index (χ0v) is 8.13. The number of fused-ring (bicyclic) bond motifs is 1. The molecule has 74 valence electrons. The van der Waals surface area contributed by atoms with Crippen LogP contribution in [0.5, 0.6) is 0 Å². The van der Waals surface area contributed by atoms with Gasteiger partial charge in [-0.3, -0.25) is 0 Å². The first-order chi connectivity index (χ1) is 6.70. The highest BCUT2D eigenvalue weighted by atomic mass is 16.4. The predicted molar refractivity (Wildman–Crippen MR) is 53.5 cm³/mol. The van der Waals surface area contributed by atoms with Crippen LogP contribution in [0.4, 0.5) is 0 Å². The average Bonchev–Trinajstić information content (AvgIpc) is 2.18. The molecule has 1 aromatic rings. The summed E-state index contributed by atoms with van der Waals surface area (Å²) in [6.45, 7) is 3.69. The SMILES string of the molecule is Cc1ccc(C(=O)O)c2c1CNCC2. The Hall–Kier alpha value is -1.35. The van der Waals surface area contributed by atoms with Gasteiger partial charge in [0.05, 0.1) is 5.56 Å². The molecule has 3 heteroatoms. The van der Waals surface area contributed by atoms with Gasteiger partial charge in [-0.25, -0.2) is 4.79 Å².